The highest BCUT2D eigenvalue weighted by atomic mass is 79.9. The Morgan fingerprint density at radius 1 is 1.21 bits per heavy atom. The Morgan fingerprint density at radius 3 is 2.42 bits per heavy atom. The van der Waals surface area contributed by atoms with E-state index in [2.05, 4.69) is 31.0 Å². The van der Waals surface area contributed by atoms with E-state index in [-0.39, 0.29) is 10.9 Å². The quantitative estimate of drug-likeness (QED) is 0.318. The predicted molar refractivity (Wildman–Crippen MR) is 94.4 cm³/mol. The monoisotopic (exact) mass is 427 g/mol. The molecule has 7 nitrogen and oxygen atoms in total. The molecule has 0 aliphatic carbocycles. The topological polar surface area (TPSA) is 123 Å². The molecule has 0 saturated heterocycles. The number of phosphoric acid groups is 1. The number of nitrogens with one attached hydrogen (secondary N) is 1. The van der Waals surface area contributed by atoms with Crippen molar-refractivity contribution in [1.29, 1.82) is 0 Å². The second kappa shape index (κ2) is 7.87. The molecule has 2 rings (SSSR count). The minimum atomic E-state index is -5.15. The molecule has 0 amide bonds. The fourth-order valence-electron chi connectivity index (χ4n) is 1.87. The van der Waals surface area contributed by atoms with Crippen LogP contribution in [0.3, 0.4) is 0 Å². The van der Waals surface area contributed by atoms with Gasteiger partial charge in [0.2, 0.25) is 0 Å². The number of hydrazone groups is 1. The average Bonchev–Trinajstić information content (AvgIpc) is 2.46. The summed E-state index contributed by atoms with van der Waals surface area (Å²) in [5, 5.41) is 4.11. The van der Waals surface area contributed by atoms with E-state index in [4.69, 9.17) is 18.0 Å². The number of benzene rings is 2. The molecule has 0 spiro atoms. The van der Waals surface area contributed by atoms with Crippen molar-refractivity contribution < 1.29 is 18.9 Å². The van der Waals surface area contributed by atoms with Crippen LogP contribution in [0.2, 0.25) is 0 Å². The molecule has 0 unspecified atom stereocenters. The Hall–Kier alpha value is -1.77. The molecule has 0 radical (unpaired) electrons. The second-order valence-electron chi connectivity index (χ2n) is 4.51. The van der Waals surface area contributed by atoms with Crippen LogP contribution in [0.5, 0.6) is 5.75 Å². The van der Waals surface area contributed by atoms with Crippen LogP contribution in [0.4, 0.5) is 0 Å². The third-order valence-electron chi connectivity index (χ3n) is 2.70. The summed E-state index contributed by atoms with van der Waals surface area (Å²) in [6.07, 6.45) is 0. The molecule has 0 saturated carbocycles. The Bertz CT molecular complexity index is 840. The molecule has 2 aromatic carbocycles. The van der Waals surface area contributed by atoms with Crippen LogP contribution in [-0.4, -0.2) is 10.8 Å². The minimum absolute atomic E-state index is 0.0291. The van der Waals surface area contributed by atoms with E-state index in [1.165, 1.54) is 18.2 Å². The van der Waals surface area contributed by atoms with Crippen LogP contribution in [0.25, 0.3) is 0 Å². The third kappa shape index (κ3) is 5.70. The van der Waals surface area contributed by atoms with Crippen LogP contribution in [-0.2, 0) is 4.57 Å². The molecule has 0 aliphatic heterocycles. The van der Waals surface area contributed by atoms with Gasteiger partial charge in [-0.05, 0) is 36.5 Å². The Kier molecular flexibility index (Phi) is 6.09. The molecule has 0 fully saturated rings. The zero-order valence-electron chi connectivity index (χ0n) is 12.0. The van der Waals surface area contributed by atoms with Gasteiger partial charge in [-0.2, -0.15) is 5.10 Å². The molecule has 3 N–H and O–H groups in total. The first-order valence-corrected chi connectivity index (χ1v) is 9.12. The summed E-state index contributed by atoms with van der Waals surface area (Å²) in [5.41, 5.74) is 9.53. The molecule has 10 heteroatoms. The summed E-state index contributed by atoms with van der Waals surface area (Å²) in [5.74, 6) is -0.112. The van der Waals surface area contributed by atoms with E-state index >= 15 is 0 Å². The molecular weight excluding hydrogens is 417 g/mol. The Labute approximate surface area is 151 Å². The molecule has 126 valence electrons. The molecule has 0 heterocycles. The largest absolute Gasteiger partial charge is 0.780 e. The summed E-state index contributed by atoms with van der Waals surface area (Å²) in [4.78, 5) is 21.6. The molecule has 24 heavy (non-hydrogen) atoms. The van der Waals surface area contributed by atoms with Crippen molar-refractivity contribution in [3.63, 3.8) is 0 Å². The maximum atomic E-state index is 10.8. The molecular formula is C14H11BrN3O4PS-2. The van der Waals surface area contributed by atoms with Gasteiger partial charge in [-0.1, -0.05) is 40.2 Å². The van der Waals surface area contributed by atoms with Gasteiger partial charge in [-0.15, -0.1) is 0 Å². The Morgan fingerprint density at radius 2 is 1.83 bits per heavy atom. The first-order valence-electron chi connectivity index (χ1n) is 6.46. The van der Waals surface area contributed by atoms with Gasteiger partial charge in [-0.25, -0.2) is 0 Å². The SMILES string of the molecule is NC(=S)NN=C(c1cccc(Br)c1)c1cccc(OP(=O)([O-])[O-])c1. The van der Waals surface area contributed by atoms with Gasteiger partial charge in [0.05, 0.1) is 5.71 Å². The van der Waals surface area contributed by atoms with E-state index in [1.807, 2.05) is 6.07 Å². The standard InChI is InChI=1S/C14H13BrN3O4PS/c15-11-5-1-3-9(7-11)13(17-18-14(16)24)10-4-2-6-12(8-10)22-23(19,20)21/h1-8H,(H3,16,18,24)(H2,19,20,21)/p-2. The van der Waals surface area contributed by atoms with Crippen LogP contribution in [0.15, 0.2) is 58.1 Å². The van der Waals surface area contributed by atoms with Crippen molar-refractivity contribution in [2.24, 2.45) is 10.8 Å². The highest BCUT2D eigenvalue weighted by Gasteiger charge is 2.10. The zero-order chi connectivity index (χ0) is 17.7. The molecule has 0 atom stereocenters. The first-order chi connectivity index (χ1) is 11.2. The maximum absolute atomic E-state index is 10.8. The van der Waals surface area contributed by atoms with Crippen LogP contribution in [0, 0.1) is 0 Å². The fraction of sp³-hybridized carbons (Fsp3) is 0. The number of nitrogens with two attached hydrogens (primary N) is 1. The van der Waals surface area contributed by atoms with Gasteiger partial charge in [0.15, 0.2) is 5.11 Å². The van der Waals surface area contributed by atoms with Gasteiger partial charge >= 0.3 is 0 Å². The van der Waals surface area contributed by atoms with Crippen LogP contribution >= 0.6 is 36.0 Å². The van der Waals surface area contributed by atoms with E-state index in [0.717, 1.165) is 4.47 Å². The number of halogens is 1. The Balaban J connectivity index is 2.48. The predicted octanol–water partition coefficient (Wildman–Crippen LogP) is 1.24. The normalized spacial score (nSPS) is 11.9. The number of thiocarbonyl (C=S) groups is 1. The van der Waals surface area contributed by atoms with Gasteiger partial charge in [-0.3, -0.25) is 5.43 Å². The first kappa shape index (κ1) is 18.6. The highest BCUT2D eigenvalue weighted by molar-refractivity contribution is 9.10. The summed E-state index contributed by atoms with van der Waals surface area (Å²) in [6, 6.07) is 13.2. The van der Waals surface area contributed by atoms with E-state index in [0.29, 0.717) is 16.8 Å². The molecule has 0 aliphatic rings. The number of hydrogen-bond acceptors (Lipinski definition) is 6. The smallest absolute Gasteiger partial charge is 0.184 e. The lowest BCUT2D eigenvalue weighted by atomic mass is 10.0. The summed E-state index contributed by atoms with van der Waals surface area (Å²) in [7, 11) is -5.15. The van der Waals surface area contributed by atoms with Crippen LogP contribution in [0.1, 0.15) is 11.1 Å². The van der Waals surface area contributed by atoms with Gasteiger partial charge in [0, 0.05) is 15.6 Å². The summed E-state index contributed by atoms with van der Waals surface area (Å²) >= 11 is 8.11. The number of phosphoric ester groups is 1. The van der Waals surface area contributed by atoms with Gasteiger partial charge < -0.3 is 24.6 Å². The second-order valence-corrected chi connectivity index (χ2v) is 6.95. The van der Waals surface area contributed by atoms with Crippen LogP contribution < -0.4 is 25.5 Å². The third-order valence-corrected chi connectivity index (χ3v) is 3.72. The zero-order valence-corrected chi connectivity index (χ0v) is 15.3. The summed E-state index contributed by atoms with van der Waals surface area (Å²) in [6.45, 7) is 0. The molecule has 0 bridgehead atoms. The van der Waals surface area contributed by atoms with E-state index in [9.17, 15) is 14.4 Å². The van der Waals surface area contributed by atoms with E-state index < -0.39 is 7.82 Å². The average molecular weight is 428 g/mol. The van der Waals surface area contributed by atoms with Crippen molar-refractivity contribution in [3.05, 3.63) is 64.1 Å². The number of nitrogens with zero attached hydrogens (tertiary/aromatic N) is 1. The maximum Gasteiger partial charge on any atom is 0.184 e. The van der Waals surface area contributed by atoms with Crippen molar-refractivity contribution >= 4 is 46.8 Å². The van der Waals surface area contributed by atoms with Crippen molar-refractivity contribution in [2.45, 2.75) is 0 Å². The molecule has 2 aromatic rings. The fourth-order valence-corrected chi connectivity index (χ4v) is 2.69. The van der Waals surface area contributed by atoms with Crippen molar-refractivity contribution in [1.82, 2.24) is 5.43 Å². The van der Waals surface area contributed by atoms with Crippen molar-refractivity contribution in [2.75, 3.05) is 0 Å². The number of rotatable bonds is 5. The minimum Gasteiger partial charge on any atom is -0.780 e. The van der Waals surface area contributed by atoms with Gasteiger partial charge in [0.1, 0.15) is 13.6 Å². The summed E-state index contributed by atoms with van der Waals surface area (Å²) < 4.78 is 16.0. The van der Waals surface area contributed by atoms with E-state index in [1.54, 1.807) is 24.3 Å². The lowest BCUT2D eigenvalue weighted by molar-refractivity contribution is -0.333. The lowest BCUT2D eigenvalue weighted by Gasteiger charge is -2.29. The number of hydrogen-bond donors (Lipinski definition) is 2. The van der Waals surface area contributed by atoms with Crippen molar-refractivity contribution in [3.8, 4) is 5.75 Å². The highest BCUT2D eigenvalue weighted by Crippen LogP contribution is 2.30. The molecule has 0 aromatic heterocycles. The lowest BCUT2D eigenvalue weighted by Crippen LogP contribution is -2.26. The van der Waals surface area contributed by atoms with Gasteiger partial charge in [0.25, 0.3) is 0 Å².